The van der Waals surface area contributed by atoms with Crippen molar-refractivity contribution < 1.29 is 18.3 Å². The van der Waals surface area contributed by atoms with Gasteiger partial charge in [-0.3, -0.25) is 4.98 Å². The Hall–Kier alpha value is -2.32. The van der Waals surface area contributed by atoms with Gasteiger partial charge in [-0.15, -0.1) is 0 Å². The number of nitrogens with zero attached hydrogens (tertiary/aromatic N) is 3. The molecule has 3 rings (SSSR count). The first-order chi connectivity index (χ1) is 11.8. The summed E-state index contributed by atoms with van der Waals surface area (Å²) in [5.74, 6) is -0.739. The highest BCUT2D eigenvalue weighted by Gasteiger charge is 2.28. The minimum Gasteiger partial charge on any atom is -0.478 e. The SMILES string of the molecule is CS(=O)(=O)N1CC[C@H](Cc2cncc(-c3ccc(C(=O)O)cc3)n2)C1. The van der Waals surface area contributed by atoms with Crippen molar-refractivity contribution in [3.05, 3.63) is 47.9 Å². The van der Waals surface area contributed by atoms with Gasteiger partial charge in [-0.2, -0.15) is 0 Å². The molecule has 7 nitrogen and oxygen atoms in total. The maximum atomic E-state index is 11.6. The van der Waals surface area contributed by atoms with Crippen LogP contribution in [0, 0.1) is 5.92 Å². The van der Waals surface area contributed by atoms with E-state index in [0.717, 1.165) is 17.7 Å². The molecule has 0 radical (unpaired) electrons. The Bertz CT molecular complexity index is 881. The minimum absolute atomic E-state index is 0.222. The van der Waals surface area contributed by atoms with E-state index in [1.54, 1.807) is 24.5 Å². The maximum Gasteiger partial charge on any atom is 0.335 e. The standard InChI is InChI=1S/C17H19N3O4S/c1-25(23,24)20-7-6-12(11-20)8-15-9-18-10-16(19-15)13-2-4-14(5-3-13)17(21)22/h2-5,9-10,12H,6-8,11H2,1H3,(H,21,22)/t12-/m1/s1. The summed E-state index contributed by atoms with van der Waals surface area (Å²) in [5, 5.41) is 8.95. The van der Waals surface area contributed by atoms with Crippen LogP contribution in [-0.2, 0) is 16.4 Å². The fraction of sp³-hybridized carbons (Fsp3) is 0.353. The van der Waals surface area contributed by atoms with Crippen LogP contribution in [0.5, 0.6) is 0 Å². The lowest BCUT2D eigenvalue weighted by Crippen LogP contribution is -2.27. The summed E-state index contributed by atoms with van der Waals surface area (Å²) >= 11 is 0. The molecule has 0 saturated carbocycles. The van der Waals surface area contributed by atoms with E-state index in [9.17, 15) is 13.2 Å². The molecule has 1 aromatic carbocycles. The molecule has 1 aromatic heterocycles. The Morgan fingerprint density at radius 2 is 2.00 bits per heavy atom. The average molecular weight is 361 g/mol. The third-order valence-electron chi connectivity index (χ3n) is 4.33. The second-order valence-electron chi connectivity index (χ2n) is 6.26. The van der Waals surface area contributed by atoms with E-state index in [1.165, 1.54) is 22.7 Å². The highest BCUT2D eigenvalue weighted by Crippen LogP contribution is 2.23. The Labute approximate surface area is 146 Å². The summed E-state index contributed by atoms with van der Waals surface area (Å²) < 4.78 is 24.7. The Morgan fingerprint density at radius 3 is 2.60 bits per heavy atom. The molecule has 1 aliphatic rings. The fourth-order valence-electron chi connectivity index (χ4n) is 2.99. The van der Waals surface area contributed by atoms with Crippen LogP contribution in [0.3, 0.4) is 0 Å². The topological polar surface area (TPSA) is 100 Å². The normalized spacial score (nSPS) is 18.4. The zero-order chi connectivity index (χ0) is 18.0. The number of carboxylic acids is 1. The highest BCUT2D eigenvalue weighted by atomic mass is 32.2. The van der Waals surface area contributed by atoms with Gasteiger partial charge in [-0.1, -0.05) is 12.1 Å². The number of hydrogen-bond acceptors (Lipinski definition) is 5. The van der Waals surface area contributed by atoms with Crippen LogP contribution in [0.15, 0.2) is 36.7 Å². The molecule has 0 amide bonds. The van der Waals surface area contributed by atoms with Gasteiger partial charge >= 0.3 is 5.97 Å². The van der Waals surface area contributed by atoms with Gasteiger partial charge in [0.2, 0.25) is 10.0 Å². The lowest BCUT2D eigenvalue weighted by molar-refractivity contribution is 0.0697. The summed E-state index contributed by atoms with van der Waals surface area (Å²) in [7, 11) is -3.14. The van der Waals surface area contributed by atoms with Gasteiger partial charge < -0.3 is 5.11 Å². The minimum atomic E-state index is -3.14. The van der Waals surface area contributed by atoms with Gasteiger partial charge in [-0.25, -0.2) is 22.5 Å². The molecular weight excluding hydrogens is 342 g/mol. The summed E-state index contributed by atoms with van der Waals surface area (Å²) in [5.41, 5.74) is 2.50. The first-order valence-corrected chi connectivity index (χ1v) is 9.77. The molecule has 1 aliphatic heterocycles. The van der Waals surface area contributed by atoms with Gasteiger partial charge in [-0.05, 0) is 30.9 Å². The maximum absolute atomic E-state index is 11.6. The van der Waals surface area contributed by atoms with E-state index in [2.05, 4.69) is 9.97 Å². The van der Waals surface area contributed by atoms with Crippen molar-refractivity contribution in [2.45, 2.75) is 12.8 Å². The van der Waals surface area contributed by atoms with Gasteiger partial charge in [0.25, 0.3) is 0 Å². The average Bonchev–Trinajstić information content (AvgIpc) is 3.04. The quantitative estimate of drug-likeness (QED) is 0.869. The number of aromatic nitrogens is 2. The second kappa shape index (κ2) is 6.89. The summed E-state index contributed by atoms with van der Waals surface area (Å²) in [4.78, 5) is 19.7. The number of benzene rings is 1. The van der Waals surface area contributed by atoms with Crippen LogP contribution in [-0.4, -0.2) is 53.1 Å². The highest BCUT2D eigenvalue weighted by molar-refractivity contribution is 7.88. The number of rotatable bonds is 5. The molecule has 0 spiro atoms. The van der Waals surface area contributed by atoms with Gasteiger partial charge in [0.15, 0.2) is 0 Å². The van der Waals surface area contributed by atoms with Crippen molar-refractivity contribution in [1.82, 2.24) is 14.3 Å². The van der Waals surface area contributed by atoms with Gasteiger partial charge in [0.05, 0.1) is 29.4 Å². The molecule has 2 aromatic rings. The summed E-state index contributed by atoms with van der Waals surface area (Å²) in [6.45, 7) is 1.06. The third kappa shape index (κ3) is 4.21. The molecule has 1 saturated heterocycles. The smallest absolute Gasteiger partial charge is 0.335 e. The molecule has 25 heavy (non-hydrogen) atoms. The molecule has 8 heteroatoms. The molecule has 0 aliphatic carbocycles. The van der Waals surface area contributed by atoms with E-state index in [4.69, 9.17) is 5.11 Å². The Morgan fingerprint density at radius 1 is 1.28 bits per heavy atom. The predicted octanol–water partition coefficient (Wildman–Crippen LogP) is 1.67. The van der Waals surface area contributed by atoms with Crippen LogP contribution in [0.4, 0.5) is 0 Å². The monoisotopic (exact) mass is 361 g/mol. The molecule has 0 bridgehead atoms. The number of sulfonamides is 1. The lowest BCUT2D eigenvalue weighted by Gasteiger charge is -2.13. The third-order valence-corrected chi connectivity index (χ3v) is 5.60. The molecule has 1 atom stereocenters. The number of hydrogen-bond donors (Lipinski definition) is 1. The van der Waals surface area contributed by atoms with Crippen molar-refractivity contribution in [1.29, 1.82) is 0 Å². The number of aromatic carboxylic acids is 1. The molecule has 1 fully saturated rings. The van der Waals surface area contributed by atoms with Crippen LogP contribution in [0.2, 0.25) is 0 Å². The van der Waals surface area contributed by atoms with E-state index >= 15 is 0 Å². The summed E-state index contributed by atoms with van der Waals surface area (Å²) in [6, 6.07) is 6.48. The fourth-order valence-corrected chi connectivity index (χ4v) is 3.91. The molecule has 0 unspecified atom stereocenters. The van der Waals surface area contributed by atoms with Gasteiger partial charge in [0.1, 0.15) is 0 Å². The zero-order valence-corrected chi connectivity index (χ0v) is 14.6. The van der Waals surface area contributed by atoms with E-state index in [1.807, 2.05) is 0 Å². The Balaban J connectivity index is 1.73. The zero-order valence-electron chi connectivity index (χ0n) is 13.8. The predicted molar refractivity (Wildman–Crippen MR) is 92.7 cm³/mol. The summed E-state index contributed by atoms with van der Waals surface area (Å²) in [6.07, 6.45) is 6.04. The van der Waals surface area contributed by atoms with Crippen molar-refractivity contribution in [2.24, 2.45) is 5.92 Å². The van der Waals surface area contributed by atoms with Crippen LogP contribution < -0.4 is 0 Å². The van der Waals surface area contributed by atoms with Crippen molar-refractivity contribution in [2.75, 3.05) is 19.3 Å². The number of carboxylic acid groups (broad SMARTS) is 1. The Kier molecular flexibility index (Phi) is 4.82. The van der Waals surface area contributed by atoms with Crippen LogP contribution >= 0.6 is 0 Å². The van der Waals surface area contributed by atoms with E-state index < -0.39 is 16.0 Å². The second-order valence-corrected chi connectivity index (χ2v) is 8.24. The van der Waals surface area contributed by atoms with Crippen molar-refractivity contribution >= 4 is 16.0 Å². The van der Waals surface area contributed by atoms with E-state index in [-0.39, 0.29) is 11.5 Å². The van der Waals surface area contributed by atoms with E-state index in [0.29, 0.717) is 25.2 Å². The van der Waals surface area contributed by atoms with Gasteiger partial charge in [0, 0.05) is 24.8 Å². The molecule has 2 heterocycles. The van der Waals surface area contributed by atoms with Crippen molar-refractivity contribution in [3.63, 3.8) is 0 Å². The molecular formula is C17H19N3O4S. The molecule has 132 valence electrons. The largest absolute Gasteiger partial charge is 0.478 e. The first kappa shape index (κ1) is 17.5. The first-order valence-electron chi connectivity index (χ1n) is 7.92. The lowest BCUT2D eigenvalue weighted by atomic mass is 10.0. The number of carbonyl (C=O) groups is 1. The van der Waals surface area contributed by atoms with Crippen molar-refractivity contribution in [3.8, 4) is 11.3 Å². The van der Waals surface area contributed by atoms with Crippen LogP contribution in [0.25, 0.3) is 11.3 Å². The molecule has 1 N–H and O–H groups in total. The van der Waals surface area contributed by atoms with Crippen LogP contribution in [0.1, 0.15) is 22.5 Å².